The number of nitrogens with one attached hydrogen (secondary N) is 2. The molecule has 2 saturated heterocycles. The van der Waals surface area contributed by atoms with E-state index in [2.05, 4.69) is 33.4 Å². The lowest BCUT2D eigenvalue weighted by Crippen LogP contribution is -2.30. The molecule has 0 radical (unpaired) electrons. The van der Waals surface area contributed by atoms with E-state index >= 15 is 0 Å². The van der Waals surface area contributed by atoms with E-state index in [9.17, 15) is 0 Å². The largest absolute Gasteiger partial charge is 0.345 e. The molecule has 2 aliphatic heterocycles. The summed E-state index contributed by atoms with van der Waals surface area (Å²) in [4.78, 5) is 10.6. The summed E-state index contributed by atoms with van der Waals surface area (Å²) in [6.45, 7) is 4.62. The average Bonchev–Trinajstić information content (AvgIpc) is 3.00. The normalized spacial score (nSPS) is 30.9. The van der Waals surface area contributed by atoms with Gasteiger partial charge in [-0.3, -0.25) is 0 Å². The highest BCUT2D eigenvalue weighted by atomic mass is 15.1. The fourth-order valence-electron chi connectivity index (χ4n) is 3.07. The quantitative estimate of drug-likeness (QED) is 0.810. The Labute approximate surface area is 103 Å². The first kappa shape index (κ1) is 11.2. The number of H-pyrrole nitrogens is 1. The van der Waals surface area contributed by atoms with Gasteiger partial charge in [-0.25, -0.2) is 4.98 Å². The highest BCUT2D eigenvalue weighted by Crippen LogP contribution is 2.27. The van der Waals surface area contributed by atoms with Crippen molar-refractivity contribution in [1.82, 2.24) is 20.2 Å². The number of nitrogens with zero attached hydrogens (tertiary/aromatic N) is 2. The SMILES string of the molecule is CN1CCCC(c2cnc(C3CCNC3)[nH]2)C1. The minimum absolute atomic E-state index is 0.602. The number of aromatic amines is 1. The molecule has 1 aromatic rings. The van der Waals surface area contributed by atoms with E-state index in [0.29, 0.717) is 11.8 Å². The number of likely N-dealkylation sites (tertiary alicyclic amines) is 1. The van der Waals surface area contributed by atoms with Gasteiger partial charge in [-0.2, -0.15) is 0 Å². The highest BCUT2D eigenvalue weighted by Gasteiger charge is 2.23. The number of hydrogen-bond acceptors (Lipinski definition) is 3. The topological polar surface area (TPSA) is 44.0 Å². The summed E-state index contributed by atoms with van der Waals surface area (Å²) in [5.41, 5.74) is 1.35. The third-order valence-electron chi connectivity index (χ3n) is 4.13. The maximum atomic E-state index is 4.58. The number of rotatable bonds is 2. The second kappa shape index (κ2) is 4.78. The van der Waals surface area contributed by atoms with E-state index in [1.165, 1.54) is 43.9 Å². The molecule has 3 rings (SSSR count). The van der Waals surface area contributed by atoms with Crippen LogP contribution in [0.2, 0.25) is 0 Å². The van der Waals surface area contributed by atoms with Gasteiger partial charge < -0.3 is 15.2 Å². The number of hydrogen-bond donors (Lipinski definition) is 2. The van der Waals surface area contributed by atoms with Crippen LogP contribution in [0.3, 0.4) is 0 Å². The number of piperidine rings is 1. The number of aromatic nitrogens is 2. The fourth-order valence-corrected chi connectivity index (χ4v) is 3.07. The Bertz CT molecular complexity index is 367. The lowest BCUT2D eigenvalue weighted by atomic mass is 9.96. The Kier molecular flexibility index (Phi) is 3.16. The molecule has 0 amide bonds. The molecule has 2 N–H and O–H groups in total. The second-order valence-corrected chi connectivity index (χ2v) is 5.51. The lowest BCUT2D eigenvalue weighted by Gasteiger charge is -2.28. The standard InChI is InChI=1S/C13H22N4/c1-17-6-2-3-11(9-17)12-8-15-13(16-12)10-4-5-14-7-10/h8,10-11,14H,2-7,9H2,1H3,(H,15,16). The molecular weight excluding hydrogens is 212 g/mol. The van der Waals surface area contributed by atoms with Gasteiger partial charge >= 0.3 is 0 Å². The van der Waals surface area contributed by atoms with Crippen molar-refractivity contribution in [3.05, 3.63) is 17.7 Å². The second-order valence-electron chi connectivity index (χ2n) is 5.51. The molecule has 3 heterocycles. The summed E-state index contributed by atoms with van der Waals surface area (Å²) in [6.07, 6.45) is 5.89. The smallest absolute Gasteiger partial charge is 0.110 e. The Balaban J connectivity index is 1.70. The van der Waals surface area contributed by atoms with Gasteiger partial charge in [0, 0.05) is 36.8 Å². The minimum atomic E-state index is 0.602. The van der Waals surface area contributed by atoms with Crippen LogP contribution in [-0.2, 0) is 0 Å². The van der Waals surface area contributed by atoms with E-state index in [0.717, 1.165) is 13.1 Å². The predicted octanol–water partition coefficient (Wildman–Crippen LogP) is 1.30. The van der Waals surface area contributed by atoms with Crippen molar-refractivity contribution in [2.45, 2.75) is 31.1 Å². The summed E-state index contributed by atoms with van der Waals surface area (Å²) in [5, 5.41) is 3.40. The molecule has 0 saturated carbocycles. The zero-order valence-electron chi connectivity index (χ0n) is 10.6. The van der Waals surface area contributed by atoms with E-state index < -0.39 is 0 Å². The Hall–Kier alpha value is -0.870. The van der Waals surface area contributed by atoms with Crippen molar-refractivity contribution in [3.8, 4) is 0 Å². The molecule has 4 nitrogen and oxygen atoms in total. The van der Waals surface area contributed by atoms with Crippen LogP contribution in [-0.4, -0.2) is 48.1 Å². The molecular formula is C13H22N4. The van der Waals surface area contributed by atoms with Crippen LogP contribution in [0.4, 0.5) is 0 Å². The minimum Gasteiger partial charge on any atom is -0.345 e. The molecule has 4 heteroatoms. The van der Waals surface area contributed by atoms with Crippen molar-refractivity contribution in [1.29, 1.82) is 0 Å². The summed E-state index contributed by atoms with van der Waals surface area (Å²) in [5.74, 6) is 2.45. The molecule has 94 valence electrons. The Morgan fingerprint density at radius 1 is 1.35 bits per heavy atom. The molecule has 2 aliphatic rings. The van der Waals surface area contributed by atoms with Crippen molar-refractivity contribution < 1.29 is 0 Å². The van der Waals surface area contributed by atoms with Crippen molar-refractivity contribution >= 4 is 0 Å². The van der Waals surface area contributed by atoms with Crippen LogP contribution in [0.25, 0.3) is 0 Å². The summed E-state index contributed by atoms with van der Waals surface area (Å²) in [7, 11) is 2.21. The monoisotopic (exact) mass is 234 g/mol. The van der Waals surface area contributed by atoms with Gasteiger partial charge in [0.15, 0.2) is 0 Å². The fraction of sp³-hybridized carbons (Fsp3) is 0.769. The van der Waals surface area contributed by atoms with Gasteiger partial charge in [0.2, 0.25) is 0 Å². The molecule has 0 spiro atoms. The third kappa shape index (κ3) is 2.38. The molecule has 2 unspecified atom stereocenters. The van der Waals surface area contributed by atoms with E-state index in [1.54, 1.807) is 0 Å². The maximum absolute atomic E-state index is 4.58. The molecule has 2 fully saturated rings. The zero-order chi connectivity index (χ0) is 11.7. The average molecular weight is 234 g/mol. The summed E-state index contributed by atoms with van der Waals surface area (Å²) < 4.78 is 0. The van der Waals surface area contributed by atoms with Gasteiger partial charge in [0.25, 0.3) is 0 Å². The van der Waals surface area contributed by atoms with Gasteiger partial charge in [-0.1, -0.05) is 0 Å². The van der Waals surface area contributed by atoms with Crippen LogP contribution < -0.4 is 5.32 Å². The maximum Gasteiger partial charge on any atom is 0.110 e. The third-order valence-corrected chi connectivity index (χ3v) is 4.13. The van der Waals surface area contributed by atoms with Gasteiger partial charge in [0.05, 0.1) is 0 Å². The van der Waals surface area contributed by atoms with Crippen LogP contribution in [0.15, 0.2) is 6.20 Å². The predicted molar refractivity (Wildman–Crippen MR) is 68.3 cm³/mol. The van der Waals surface area contributed by atoms with Gasteiger partial charge in [0.1, 0.15) is 5.82 Å². The van der Waals surface area contributed by atoms with Gasteiger partial charge in [-0.05, 0) is 39.4 Å². The highest BCUT2D eigenvalue weighted by molar-refractivity contribution is 5.13. The van der Waals surface area contributed by atoms with Crippen LogP contribution >= 0.6 is 0 Å². The molecule has 0 aliphatic carbocycles. The molecule has 2 atom stereocenters. The molecule has 1 aromatic heterocycles. The molecule has 17 heavy (non-hydrogen) atoms. The number of likely N-dealkylation sites (N-methyl/N-ethyl adjacent to an activating group) is 1. The van der Waals surface area contributed by atoms with Crippen LogP contribution in [0.5, 0.6) is 0 Å². The Morgan fingerprint density at radius 3 is 3.06 bits per heavy atom. The zero-order valence-corrected chi connectivity index (χ0v) is 10.6. The van der Waals surface area contributed by atoms with Crippen molar-refractivity contribution in [2.24, 2.45) is 0 Å². The van der Waals surface area contributed by atoms with E-state index in [4.69, 9.17) is 0 Å². The first-order chi connectivity index (χ1) is 8.33. The van der Waals surface area contributed by atoms with Gasteiger partial charge in [-0.15, -0.1) is 0 Å². The summed E-state index contributed by atoms with van der Waals surface area (Å²) >= 11 is 0. The van der Waals surface area contributed by atoms with Crippen molar-refractivity contribution in [3.63, 3.8) is 0 Å². The van der Waals surface area contributed by atoms with E-state index in [-0.39, 0.29) is 0 Å². The molecule has 0 bridgehead atoms. The van der Waals surface area contributed by atoms with Crippen molar-refractivity contribution in [2.75, 3.05) is 33.2 Å². The number of imidazole rings is 1. The van der Waals surface area contributed by atoms with Crippen LogP contribution in [0, 0.1) is 0 Å². The Morgan fingerprint density at radius 2 is 2.29 bits per heavy atom. The molecule has 0 aromatic carbocycles. The van der Waals surface area contributed by atoms with E-state index in [1.807, 2.05) is 0 Å². The lowest BCUT2D eigenvalue weighted by molar-refractivity contribution is 0.248. The van der Waals surface area contributed by atoms with Crippen LogP contribution in [0.1, 0.15) is 42.6 Å². The summed E-state index contributed by atoms with van der Waals surface area (Å²) in [6, 6.07) is 0. The first-order valence-electron chi connectivity index (χ1n) is 6.77. The first-order valence-corrected chi connectivity index (χ1v) is 6.77.